The molecule has 0 radical (unpaired) electrons. The lowest BCUT2D eigenvalue weighted by Gasteiger charge is -2.43. The Hall–Kier alpha value is 0.170. The lowest BCUT2D eigenvalue weighted by molar-refractivity contribution is 0.478. The van der Waals surface area contributed by atoms with Gasteiger partial charge in [-0.15, -0.1) is 0 Å². The molecule has 0 aliphatic heterocycles. The molecule has 108 valence electrons. The largest absolute Gasteiger partial charge is 0.0968 e. The summed E-state index contributed by atoms with van der Waals surface area (Å²) >= 11 is 0. The van der Waals surface area contributed by atoms with Crippen molar-refractivity contribution in [2.45, 2.75) is 100 Å². The molecule has 0 heterocycles. The first-order chi connectivity index (χ1) is 9.45. The first-order valence-electron chi connectivity index (χ1n) is 8.87. The second kappa shape index (κ2) is 7.26. The molecule has 0 aromatic carbocycles. The van der Waals surface area contributed by atoms with E-state index in [0.29, 0.717) is 7.92 Å². The van der Waals surface area contributed by atoms with Crippen LogP contribution in [0.3, 0.4) is 0 Å². The van der Waals surface area contributed by atoms with Gasteiger partial charge in [-0.25, -0.2) is 0 Å². The van der Waals surface area contributed by atoms with Crippen molar-refractivity contribution in [1.29, 1.82) is 0 Å². The van der Waals surface area contributed by atoms with Crippen molar-refractivity contribution in [3.8, 4) is 0 Å². The van der Waals surface area contributed by atoms with Gasteiger partial charge in [0.25, 0.3) is 0 Å². The predicted molar refractivity (Wildman–Crippen MR) is 87.4 cm³/mol. The molecule has 0 nitrogen and oxygen atoms in total. The highest BCUT2D eigenvalue weighted by Gasteiger charge is 2.35. The summed E-state index contributed by atoms with van der Waals surface area (Å²) in [5, 5.41) is 0. The van der Waals surface area contributed by atoms with Crippen LogP contribution in [0.25, 0.3) is 0 Å². The topological polar surface area (TPSA) is 0 Å². The van der Waals surface area contributed by atoms with Crippen LogP contribution in [-0.4, -0.2) is 17.0 Å². The van der Waals surface area contributed by atoms with Crippen LogP contribution < -0.4 is 0 Å². The maximum absolute atomic E-state index is 2.51. The third-order valence-electron chi connectivity index (χ3n) is 5.66. The van der Waals surface area contributed by atoms with Crippen molar-refractivity contribution in [1.82, 2.24) is 0 Å². The van der Waals surface area contributed by atoms with Gasteiger partial charge >= 0.3 is 0 Å². The van der Waals surface area contributed by atoms with E-state index in [-0.39, 0.29) is 0 Å². The first-order valence-corrected chi connectivity index (χ1v) is 10.4. The van der Waals surface area contributed by atoms with Gasteiger partial charge in [0.2, 0.25) is 0 Å². The molecule has 2 fully saturated rings. The molecule has 3 aliphatic rings. The molecular weight excluding hydrogens is 247 g/mol. The Morgan fingerprint density at radius 2 is 1.16 bits per heavy atom. The summed E-state index contributed by atoms with van der Waals surface area (Å²) in [4.78, 5) is 0. The molecule has 3 rings (SSSR count). The summed E-state index contributed by atoms with van der Waals surface area (Å²) in [5.41, 5.74) is 3.41. The fraction of sp³-hybridized carbons (Fsp3) is 0.889. The van der Waals surface area contributed by atoms with E-state index in [9.17, 15) is 0 Å². The fourth-order valence-electron chi connectivity index (χ4n) is 4.70. The molecule has 0 bridgehead atoms. The van der Waals surface area contributed by atoms with Gasteiger partial charge in [0.15, 0.2) is 0 Å². The minimum absolute atomic E-state index is 0.334. The Balaban J connectivity index is 1.70. The van der Waals surface area contributed by atoms with Crippen LogP contribution in [0, 0.1) is 0 Å². The Bertz CT molecular complexity index is 266. The first kappa shape index (κ1) is 14.1. The molecule has 0 spiro atoms. The molecule has 19 heavy (non-hydrogen) atoms. The predicted octanol–water partition coefficient (Wildman–Crippen LogP) is 6.24. The highest BCUT2D eigenvalue weighted by molar-refractivity contribution is 7.60. The molecule has 0 amide bonds. The highest BCUT2D eigenvalue weighted by Crippen LogP contribution is 2.61. The molecule has 1 heteroatoms. The number of rotatable bonds is 3. The van der Waals surface area contributed by atoms with Crippen LogP contribution in [0.5, 0.6) is 0 Å². The zero-order valence-corrected chi connectivity index (χ0v) is 13.4. The summed E-state index contributed by atoms with van der Waals surface area (Å²) in [6.07, 6.45) is 24.8. The normalized spacial score (nSPS) is 30.9. The van der Waals surface area contributed by atoms with Crippen molar-refractivity contribution in [2.75, 3.05) is 0 Å². The SMILES string of the molecule is C1=CCC(P(C2CCCCC2)C2CCCCC2)CC1. The van der Waals surface area contributed by atoms with Gasteiger partial charge in [0, 0.05) is 0 Å². The maximum Gasteiger partial charge on any atom is -0.0167 e. The quantitative estimate of drug-likeness (QED) is 0.423. The zero-order chi connectivity index (χ0) is 12.9. The van der Waals surface area contributed by atoms with E-state index in [1.807, 2.05) is 0 Å². The number of allylic oxidation sites excluding steroid dienone is 2. The molecule has 1 unspecified atom stereocenters. The van der Waals surface area contributed by atoms with Gasteiger partial charge in [-0.1, -0.05) is 58.6 Å². The standard InChI is InChI=1S/C18H31P/c1-4-10-16(11-5-1)19(17-12-6-2-7-13-17)18-14-8-3-9-15-18/h1,4,16-18H,2-3,5-15H2. The Morgan fingerprint density at radius 3 is 1.63 bits per heavy atom. The highest BCUT2D eigenvalue weighted by atomic mass is 31.1. The van der Waals surface area contributed by atoms with Crippen molar-refractivity contribution in [3.63, 3.8) is 0 Å². The van der Waals surface area contributed by atoms with E-state index < -0.39 is 0 Å². The average molecular weight is 278 g/mol. The minimum Gasteiger partial charge on any atom is -0.0968 e. The van der Waals surface area contributed by atoms with E-state index >= 15 is 0 Å². The monoisotopic (exact) mass is 278 g/mol. The number of hydrogen-bond donors (Lipinski definition) is 0. The Morgan fingerprint density at radius 1 is 0.579 bits per heavy atom. The Labute approximate surface area is 121 Å². The van der Waals surface area contributed by atoms with E-state index in [1.54, 1.807) is 51.4 Å². The van der Waals surface area contributed by atoms with Crippen LogP contribution in [0.2, 0.25) is 0 Å². The van der Waals surface area contributed by atoms with Gasteiger partial charge in [-0.05, 0) is 61.9 Å². The van der Waals surface area contributed by atoms with Gasteiger partial charge < -0.3 is 0 Å². The molecule has 0 aromatic rings. The van der Waals surface area contributed by atoms with E-state index in [2.05, 4.69) is 12.2 Å². The summed E-state index contributed by atoms with van der Waals surface area (Å²) < 4.78 is 0. The Kier molecular flexibility index (Phi) is 5.39. The van der Waals surface area contributed by atoms with Crippen molar-refractivity contribution < 1.29 is 0 Å². The molecule has 0 N–H and O–H groups in total. The van der Waals surface area contributed by atoms with E-state index in [1.165, 1.54) is 32.1 Å². The van der Waals surface area contributed by atoms with Crippen LogP contribution in [-0.2, 0) is 0 Å². The third-order valence-corrected chi connectivity index (χ3v) is 9.69. The summed E-state index contributed by atoms with van der Waals surface area (Å²) in [5.74, 6) is 0. The summed E-state index contributed by atoms with van der Waals surface area (Å²) in [7, 11) is 0.334. The molecule has 0 saturated heterocycles. The molecular formula is C18H31P. The van der Waals surface area contributed by atoms with Crippen LogP contribution in [0.1, 0.15) is 83.5 Å². The van der Waals surface area contributed by atoms with Gasteiger partial charge in [-0.3, -0.25) is 0 Å². The van der Waals surface area contributed by atoms with Gasteiger partial charge in [-0.2, -0.15) is 0 Å². The minimum atomic E-state index is 0.334. The van der Waals surface area contributed by atoms with Gasteiger partial charge in [0.05, 0.1) is 0 Å². The van der Waals surface area contributed by atoms with Crippen LogP contribution in [0.15, 0.2) is 12.2 Å². The summed E-state index contributed by atoms with van der Waals surface area (Å²) in [6, 6.07) is 0. The maximum atomic E-state index is 2.51. The van der Waals surface area contributed by atoms with E-state index in [4.69, 9.17) is 0 Å². The second-order valence-electron chi connectivity index (χ2n) is 6.97. The molecule has 3 aliphatic carbocycles. The average Bonchev–Trinajstić information content (AvgIpc) is 2.51. The number of hydrogen-bond acceptors (Lipinski definition) is 0. The van der Waals surface area contributed by atoms with Crippen molar-refractivity contribution in [3.05, 3.63) is 12.2 Å². The molecule has 2 saturated carbocycles. The summed E-state index contributed by atoms with van der Waals surface area (Å²) in [6.45, 7) is 0. The second-order valence-corrected chi connectivity index (χ2v) is 10.1. The van der Waals surface area contributed by atoms with Crippen LogP contribution in [0.4, 0.5) is 0 Å². The van der Waals surface area contributed by atoms with Gasteiger partial charge in [0.1, 0.15) is 0 Å². The van der Waals surface area contributed by atoms with Crippen LogP contribution >= 0.6 is 7.92 Å². The smallest absolute Gasteiger partial charge is 0.0167 e. The zero-order valence-electron chi connectivity index (χ0n) is 12.5. The fourth-order valence-corrected chi connectivity index (χ4v) is 9.23. The molecule has 1 atom stereocenters. The lowest BCUT2D eigenvalue weighted by Crippen LogP contribution is -2.27. The van der Waals surface area contributed by atoms with E-state index in [0.717, 1.165) is 17.0 Å². The lowest BCUT2D eigenvalue weighted by atomic mass is 9.99. The van der Waals surface area contributed by atoms with Crippen molar-refractivity contribution >= 4 is 7.92 Å². The molecule has 0 aromatic heterocycles. The van der Waals surface area contributed by atoms with Crippen molar-refractivity contribution in [2.24, 2.45) is 0 Å². The third kappa shape index (κ3) is 3.63.